The molecule has 0 radical (unpaired) electrons. The Morgan fingerprint density at radius 2 is 2.00 bits per heavy atom. The molecule has 1 aromatic heterocycles. The molecule has 2 N–H and O–H groups in total. The molecule has 4 heteroatoms. The maximum absolute atomic E-state index is 12.8. The van der Waals surface area contributed by atoms with E-state index in [4.69, 9.17) is 0 Å². The van der Waals surface area contributed by atoms with Gasteiger partial charge in [-0.3, -0.25) is 4.79 Å². The summed E-state index contributed by atoms with van der Waals surface area (Å²) in [5.41, 5.74) is 3.56. The average Bonchev–Trinajstić information content (AvgIpc) is 2.79. The van der Waals surface area contributed by atoms with Crippen molar-refractivity contribution in [2.75, 3.05) is 11.9 Å². The molecule has 3 rings (SSSR count). The van der Waals surface area contributed by atoms with Crippen molar-refractivity contribution in [2.24, 2.45) is 0 Å². The quantitative estimate of drug-likeness (QED) is 0.849. The number of aromatic amines is 1. The van der Waals surface area contributed by atoms with Gasteiger partial charge in [0.2, 0.25) is 0 Å². The molecule has 18 heavy (non-hydrogen) atoms. The second kappa shape index (κ2) is 4.29. The first-order chi connectivity index (χ1) is 8.72. The van der Waals surface area contributed by atoms with E-state index < -0.39 is 0 Å². The number of hydrogen-bond donors (Lipinski definition) is 2. The number of rotatable bonds is 2. The Morgan fingerprint density at radius 1 is 1.22 bits per heavy atom. The molecule has 92 valence electrons. The molecule has 1 aromatic carbocycles. The van der Waals surface area contributed by atoms with Crippen LogP contribution in [0.4, 0.5) is 10.1 Å². The van der Waals surface area contributed by atoms with E-state index in [-0.39, 0.29) is 11.4 Å². The van der Waals surface area contributed by atoms with Gasteiger partial charge < -0.3 is 10.3 Å². The number of H-pyrrole nitrogens is 1. The highest BCUT2D eigenvalue weighted by molar-refractivity contribution is 5.53. The number of nitrogens with one attached hydrogen (secondary N) is 2. The minimum Gasteiger partial charge on any atom is -0.383 e. The lowest BCUT2D eigenvalue weighted by molar-refractivity contribution is 0.627. The van der Waals surface area contributed by atoms with E-state index in [2.05, 4.69) is 10.3 Å². The van der Waals surface area contributed by atoms with Crippen molar-refractivity contribution in [1.82, 2.24) is 4.98 Å². The van der Waals surface area contributed by atoms with Crippen LogP contribution in [0.1, 0.15) is 16.8 Å². The highest BCUT2D eigenvalue weighted by atomic mass is 19.1. The predicted molar refractivity (Wildman–Crippen MR) is 68.5 cm³/mol. The van der Waals surface area contributed by atoms with Crippen molar-refractivity contribution in [3.05, 3.63) is 63.3 Å². The summed E-state index contributed by atoms with van der Waals surface area (Å²) < 4.78 is 12.8. The molecule has 0 fully saturated rings. The molecule has 2 aromatic rings. The van der Waals surface area contributed by atoms with Crippen LogP contribution >= 0.6 is 0 Å². The third-order valence-corrected chi connectivity index (χ3v) is 3.20. The lowest BCUT2D eigenvalue weighted by Crippen LogP contribution is -2.14. The number of hydrogen-bond acceptors (Lipinski definition) is 2. The molecule has 0 saturated heterocycles. The molecule has 0 atom stereocenters. The van der Waals surface area contributed by atoms with Crippen LogP contribution in [0.5, 0.6) is 0 Å². The van der Waals surface area contributed by atoms with Crippen LogP contribution in [0, 0.1) is 5.82 Å². The van der Waals surface area contributed by atoms with E-state index >= 15 is 0 Å². The zero-order valence-electron chi connectivity index (χ0n) is 9.79. The standard InChI is InChI=1S/C14H13FN2O/c15-11-3-1-9(2-4-11)7-10-8-13-12(5-6-16-13)17-14(10)18/h1-4,8,16H,5-7H2,(H,17,18). The minimum absolute atomic E-state index is 0.0539. The van der Waals surface area contributed by atoms with E-state index in [0.29, 0.717) is 12.0 Å². The first-order valence-corrected chi connectivity index (χ1v) is 5.96. The molecule has 0 saturated carbocycles. The number of benzene rings is 1. The molecule has 2 heterocycles. The fourth-order valence-electron chi connectivity index (χ4n) is 2.24. The maximum Gasteiger partial charge on any atom is 0.251 e. The highest BCUT2D eigenvalue weighted by Gasteiger charge is 2.13. The van der Waals surface area contributed by atoms with Crippen LogP contribution in [0.25, 0.3) is 0 Å². The van der Waals surface area contributed by atoms with Crippen molar-refractivity contribution >= 4 is 5.69 Å². The predicted octanol–water partition coefficient (Wildman–Crippen LogP) is 2.07. The van der Waals surface area contributed by atoms with Crippen molar-refractivity contribution in [3.8, 4) is 0 Å². The molecular formula is C14H13FN2O. The smallest absolute Gasteiger partial charge is 0.251 e. The monoisotopic (exact) mass is 244 g/mol. The van der Waals surface area contributed by atoms with Gasteiger partial charge in [0.25, 0.3) is 5.56 Å². The lowest BCUT2D eigenvalue weighted by Gasteiger charge is -2.05. The molecular weight excluding hydrogens is 231 g/mol. The number of aromatic nitrogens is 1. The van der Waals surface area contributed by atoms with Gasteiger partial charge in [-0.15, -0.1) is 0 Å². The van der Waals surface area contributed by atoms with Crippen LogP contribution in [0.3, 0.4) is 0 Å². The van der Waals surface area contributed by atoms with Crippen molar-refractivity contribution in [3.63, 3.8) is 0 Å². The molecule has 0 amide bonds. The summed E-state index contributed by atoms with van der Waals surface area (Å²) in [4.78, 5) is 14.8. The summed E-state index contributed by atoms with van der Waals surface area (Å²) >= 11 is 0. The topological polar surface area (TPSA) is 44.9 Å². The molecule has 0 spiro atoms. The van der Waals surface area contributed by atoms with E-state index in [9.17, 15) is 9.18 Å². The number of pyridine rings is 1. The molecule has 3 nitrogen and oxygen atoms in total. The summed E-state index contributed by atoms with van der Waals surface area (Å²) in [6.45, 7) is 0.866. The maximum atomic E-state index is 12.8. The van der Waals surface area contributed by atoms with Crippen LogP contribution in [-0.4, -0.2) is 11.5 Å². The van der Waals surface area contributed by atoms with Gasteiger partial charge in [0, 0.05) is 30.6 Å². The van der Waals surface area contributed by atoms with Gasteiger partial charge >= 0.3 is 0 Å². The van der Waals surface area contributed by atoms with Crippen LogP contribution in [0.2, 0.25) is 0 Å². The van der Waals surface area contributed by atoms with Gasteiger partial charge in [-0.2, -0.15) is 0 Å². The molecule has 1 aliphatic heterocycles. The number of fused-ring (bicyclic) bond motifs is 1. The van der Waals surface area contributed by atoms with Crippen molar-refractivity contribution in [1.29, 1.82) is 0 Å². The second-order valence-electron chi connectivity index (χ2n) is 4.50. The minimum atomic E-state index is -0.261. The van der Waals surface area contributed by atoms with Gasteiger partial charge in [0.1, 0.15) is 5.82 Å². The molecule has 0 aliphatic carbocycles. The summed E-state index contributed by atoms with van der Waals surface area (Å²) in [5.74, 6) is -0.261. The molecule has 1 aliphatic rings. The Balaban J connectivity index is 1.93. The Bertz CT molecular complexity index is 631. The second-order valence-corrected chi connectivity index (χ2v) is 4.50. The van der Waals surface area contributed by atoms with Gasteiger partial charge in [0.05, 0.1) is 5.69 Å². The number of anilines is 1. The summed E-state index contributed by atoms with van der Waals surface area (Å²) in [6, 6.07) is 8.12. The lowest BCUT2D eigenvalue weighted by atomic mass is 10.1. The first-order valence-electron chi connectivity index (χ1n) is 5.96. The fraction of sp³-hybridized carbons (Fsp3) is 0.214. The zero-order valence-corrected chi connectivity index (χ0v) is 9.79. The summed E-state index contributed by atoms with van der Waals surface area (Å²) in [5, 5.41) is 3.23. The third-order valence-electron chi connectivity index (χ3n) is 3.20. The Morgan fingerprint density at radius 3 is 2.78 bits per heavy atom. The van der Waals surface area contributed by atoms with E-state index in [1.807, 2.05) is 6.07 Å². The largest absolute Gasteiger partial charge is 0.383 e. The van der Waals surface area contributed by atoms with Crippen LogP contribution in [0.15, 0.2) is 35.1 Å². The Labute approximate surface area is 104 Å². The molecule has 0 bridgehead atoms. The Hall–Kier alpha value is -2.10. The third kappa shape index (κ3) is 2.01. The van der Waals surface area contributed by atoms with Gasteiger partial charge in [-0.25, -0.2) is 4.39 Å². The van der Waals surface area contributed by atoms with E-state index in [1.54, 1.807) is 12.1 Å². The first kappa shape index (κ1) is 11.0. The van der Waals surface area contributed by atoms with Gasteiger partial charge in [0.15, 0.2) is 0 Å². The molecule has 0 unspecified atom stereocenters. The highest BCUT2D eigenvalue weighted by Crippen LogP contribution is 2.20. The fourth-order valence-corrected chi connectivity index (χ4v) is 2.24. The van der Waals surface area contributed by atoms with E-state index in [1.165, 1.54) is 12.1 Å². The Kier molecular flexibility index (Phi) is 2.63. The van der Waals surface area contributed by atoms with Gasteiger partial charge in [-0.1, -0.05) is 12.1 Å². The van der Waals surface area contributed by atoms with Crippen molar-refractivity contribution in [2.45, 2.75) is 12.8 Å². The normalized spacial score (nSPS) is 13.2. The summed E-state index contributed by atoms with van der Waals surface area (Å²) in [6.07, 6.45) is 1.38. The van der Waals surface area contributed by atoms with Gasteiger partial charge in [-0.05, 0) is 23.8 Å². The van der Waals surface area contributed by atoms with Crippen molar-refractivity contribution < 1.29 is 4.39 Å². The SMILES string of the molecule is O=c1[nH]c2c(cc1Cc1ccc(F)cc1)NCC2. The zero-order chi connectivity index (χ0) is 12.5. The van der Waals surface area contributed by atoms with E-state index in [0.717, 1.165) is 29.9 Å². The summed E-state index contributed by atoms with van der Waals surface area (Å²) in [7, 11) is 0. The van der Waals surface area contributed by atoms with Crippen LogP contribution in [-0.2, 0) is 12.8 Å². The van der Waals surface area contributed by atoms with Crippen LogP contribution < -0.4 is 10.9 Å². The average molecular weight is 244 g/mol. The number of halogens is 1.